The van der Waals surface area contributed by atoms with E-state index in [4.69, 9.17) is 9.47 Å². The van der Waals surface area contributed by atoms with Gasteiger partial charge in [0, 0.05) is 0 Å². The summed E-state index contributed by atoms with van der Waals surface area (Å²) in [5.41, 5.74) is 0.844. The highest BCUT2D eigenvalue weighted by molar-refractivity contribution is 5.83. The van der Waals surface area contributed by atoms with E-state index in [1.54, 1.807) is 0 Å². The van der Waals surface area contributed by atoms with E-state index in [-0.39, 0.29) is 6.61 Å². The molecule has 2 atom stereocenters. The molecule has 0 unspecified atom stereocenters. The van der Waals surface area contributed by atoms with Gasteiger partial charge in [-0.05, 0) is 12.0 Å². The highest BCUT2D eigenvalue weighted by Gasteiger charge is 2.19. The minimum absolute atomic E-state index is 0.102. The Morgan fingerprint density at radius 2 is 1.81 bits per heavy atom. The van der Waals surface area contributed by atoms with Gasteiger partial charge in [0.2, 0.25) is 0 Å². The number of nitrogens with one attached hydrogen (secondary N) is 1. The first-order valence-corrected chi connectivity index (χ1v) is 9.48. The van der Waals surface area contributed by atoms with E-state index in [1.165, 1.54) is 32.1 Å². The number of benzene rings is 1. The van der Waals surface area contributed by atoms with E-state index >= 15 is 0 Å². The van der Waals surface area contributed by atoms with Gasteiger partial charge < -0.3 is 19.9 Å². The Bertz CT molecular complexity index is 573. The van der Waals surface area contributed by atoms with Gasteiger partial charge in [0.05, 0.1) is 13.2 Å². The molecule has 1 aromatic rings. The lowest BCUT2D eigenvalue weighted by molar-refractivity contribution is -0.141. The van der Waals surface area contributed by atoms with Gasteiger partial charge in [-0.1, -0.05) is 81.5 Å². The Balaban J connectivity index is 2.44. The second-order valence-electron chi connectivity index (χ2n) is 6.36. The SMILES string of the molecule is CCCCCCC[C@H](O)/C=C/[C@H](NC(=O)OCc1ccccc1)C(=O)OC. The van der Waals surface area contributed by atoms with E-state index in [0.717, 1.165) is 24.8 Å². The van der Waals surface area contributed by atoms with Gasteiger partial charge in [-0.15, -0.1) is 0 Å². The first-order valence-electron chi connectivity index (χ1n) is 9.48. The minimum Gasteiger partial charge on any atom is -0.467 e. The van der Waals surface area contributed by atoms with Crippen molar-refractivity contribution in [1.82, 2.24) is 5.32 Å². The molecule has 0 fully saturated rings. The molecule has 0 spiro atoms. The lowest BCUT2D eigenvalue weighted by Crippen LogP contribution is -2.40. The van der Waals surface area contributed by atoms with Crippen LogP contribution in [-0.4, -0.2) is 36.4 Å². The molecule has 0 aliphatic carbocycles. The summed E-state index contributed by atoms with van der Waals surface area (Å²) in [7, 11) is 1.24. The Hall–Kier alpha value is -2.34. The van der Waals surface area contributed by atoms with Gasteiger partial charge in [-0.25, -0.2) is 9.59 Å². The third-order valence-electron chi connectivity index (χ3n) is 4.07. The van der Waals surface area contributed by atoms with E-state index in [2.05, 4.69) is 12.2 Å². The predicted octanol–water partition coefficient (Wildman–Crippen LogP) is 3.73. The van der Waals surface area contributed by atoms with Crippen LogP contribution in [0.5, 0.6) is 0 Å². The van der Waals surface area contributed by atoms with Crippen LogP contribution in [0.2, 0.25) is 0 Å². The molecule has 0 aromatic heterocycles. The largest absolute Gasteiger partial charge is 0.467 e. The number of amides is 1. The summed E-state index contributed by atoms with van der Waals surface area (Å²) in [5, 5.41) is 12.5. The molecule has 0 saturated heterocycles. The van der Waals surface area contributed by atoms with Gasteiger partial charge in [0.15, 0.2) is 0 Å². The quantitative estimate of drug-likeness (QED) is 0.329. The summed E-state index contributed by atoms with van der Waals surface area (Å²) in [5.74, 6) is -0.627. The molecule has 0 bridgehead atoms. The van der Waals surface area contributed by atoms with Crippen LogP contribution in [-0.2, 0) is 20.9 Å². The molecule has 1 aromatic carbocycles. The van der Waals surface area contributed by atoms with Crippen molar-refractivity contribution in [3.05, 3.63) is 48.0 Å². The second-order valence-corrected chi connectivity index (χ2v) is 6.36. The zero-order chi connectivity index (χ0) is 19.9. The van der Waals surface area contributed by atoms with E-state index in [9.17, 15) is 14.7 Å². The lowest BCUT2D eigenvalue weighted by atomic mass is 10.1. The van der Waals surface area contributed by atoms with Crippen LogP contribution < -0.4 is 5.32 Å². The molecular formula is C21H31NO5. The summed E-state index contributed by atoms with van der Waals surface area (Å²) in [6.45, 7) is 2.26. The molecule has 6 heteroatoms. The molecule has 1 rings (SSSR count). The standard InChI is InChI=1S/C21H31NO5/c1-3-4-5-6-10-13-18(23)14-15-19(20(24)26-2)22-21(25)27-16-17-11-8-7-9-12-17/h7-9,11-12,14-15,18-19,23H,3-6,10,13,16H2,1-2H3,(H,22,25)/b15-14+/t18-,19-/m0/s1. The molecule has 27 heavy (non-hydrogen) atoms. The van der Waals surface area contributed by atoms with Gasteiger partial charge in [0.1, 0.15) is 12.6 Å². The molecule has 1 amide bonds. The van der Waals surface area contributed by atoms with Gasteiger partial charge >= 0.3 is 12.1 Å². The normalized spacial score (nSPS) is 13.1. The zero-order valence-electron chi connectivity index (χ0n) is 16.2. The van der Waals surface area contributed by atoms with Gasteiger partial charge in [-0.2, -0.15) is 0 Å². The topological polar surface area (TPSA) is 84.9 Å². The van der Waals surface area contributed by atoms with Crippen molar-refractivity contribution in [2.24, 2.45) is 0 Å². The second kappa shape index (κ2) is 13.8. The van der Waals surface area contributed by atoms with Crippen LogP contribution in [0.25, 0.3) is 0 Å². The van der Waals surface area contributed by atoms with E-state index in [0.29, 0.717) is 6.42 Å². The molecule has 6 nitrogen and oxygen atoms in total. The molecule has 2 N–H and O–H groups in total. The van der Waals surface area contributed by atoms with Crippen LogP contribution in [0, 0.1) is 0 Å². The summed E-state index contributed by atoms with van der Waals surface area (Å²) in [4.78, 5) is 23.8. The predicted molar refractivity (Wildman–Crippen MR) is 104 cm³/mol. The molecular weight excluding hydrogens is 346 g/mol. The van der Waals surface area contributed by atoms with Gasteiger partial charge in [0.25, 0.3) is 0 Å². The number of methoxy groups -OCH3 is 1. The summed E-state index contributed by atoms with van der Waals surface area (Å²) >= 11 is 0. The van der Waals surface area contributed by atoms with E-state index < -0.39 is 24.2 Å². The monoisotopic (exact) mass is 377 g/mol. The highest BCUT2D eigenvalue weighted by atomic mass is 16.6. The number of hydrogen-bond donors (Lipinski definition) is 2. The molecule has 0 radical (unpaired) electrons. The number of rotatable bonds is 12. The van der Waals surface area contributed by atoms with Crippen LogP contribution >= 0.6 is 0 Å². The Kier molecular flexibility index (Phi) is 11.6. The number of carbonyl (C=O) groups excluding carboxylic acids is 2. The van der Waals surface area contributed by atoms with Crippen LogP contribution in [0.4, 0.5) is 4.79 Å². The van der Waals surface area contributed by atoms with Crippen molar-refractivity contribution < 1.29 is 24.2 Å². The lowest BCUT2D eigenvalue weighted by Gasteiger charge is -2.14. The summed E-state index contributed by atoms with van der Waals surface area (Å²) in [6, 6.07) is 8.23. The number of aliphatic hydroxyl groups excluding tert-OH is 1. The third kappa shape index (κ3) is 10.4. The summed E-state index contributed by atoms with van der Waals surface area (Å²) in [6.07, 6.45) is 7.70. The third-order valence-corrected chi connectivity index (χ3v) is 4.07. The number of aliphatic hydroxyl groups is 1. The smallest absolute Gasteiger partial charge is 0.408 e. The first-order chi connectivity index (χ1) is 13.1. The fourth-order valence-electron chi connectivity index (χ4n) is 2.50. The summed E-state index contributed by atoms with van der Waals surface area (Å²) < 4.78 is 9.80. The van der Waals surface area contributed by atoms with Gasteiger partial charge in [-0.3, -0.25) is 0 Å². The molecule has 0 heterocycles. The fourth-order valence-corrected chi connectivity index (χ4v) is 2.50. The van der Waals surface area contributed by atoms with Crippen molar-refractivity contribution in [2.45, 2.75) is 64.2 Å². The minimum atomic E-state index is -1.01. The maximum absolute atomic E-state index is 11.9. The highest BCUT2D eigenvalue weighted by Crippen LogP contribution is 2.08. The maximum atomic E-state index is 11.9. The molecule has 0 aliphatic heterocycles. The van der Waals surface area contributed by atoms with Crippen LogP contribution in [0.3, 0.4) is 0 Å². The first kappa shape index (κ1) is 22.7. The van der Waals surface area contributed by atoms with E-state index in [1.807, 2.05) is 30.3 Å². The average Bonchev–Trinajstić information content (AvgIpc) is 2.69. The number of hydrogen-bond acceptors (Lipinski definition) is 5. The molecule has 0 aliphatic rings. The van der Waals surface area contributed by atoms with Crippen molar-refractivity contribution in [1.29, 1.82) is 0 Å². The Morgan fingerprint density at radius 1 is 1.11 bits per heavy atom. The number of alkyl carbamates (subject to hydrolysis) is 1. The van der Waals surface area contributed by atoms with Crippen molar-refractivity contribution in [3.63, 3.8) is 0 Å². The van der Waals surface area contributed by atoms with Crippen LogP contribution in [0.1, 0.15) is 51.0 Å². The van der Waals surface area contributed by atoms with Crippen molar-refractivity contribution in [2.75, 3.05) is 7.11 Å². The zero-order valence-corrected chi connectivity index (χ0v) is 16.2. The number of unbranched alkanes of at least 4 members (excludes halogenated alkanes) is 4. The fraction of sp³-hybridized carbons (Fsp3) is 0.524. The number of ether oxygens (including phenoxy) is 2. The maximum Gasteiger partial charge on any atom is 0.408 e. The van der Waals surface area contributed by atoms with Crippen LogP contribution in [0.15, 0.2) is 42.5 Å². The number of esters is 1. The molecule has 150 valence electrons. The Labute approximate surface area is 161 Å². The van der Waals surface area contributed by atoms with Crippen molar-refractivity contribution in [3.8, 4) is 0 Å². The van der Waals surface area contributed by atoms with Crippen molar-refractivity contribution >= 4 is 12.1 Å². The number of carbonyl (C=O) groups is 2. The average molecular weight is 377 g/mol. The Morgan fingerprint density at radius 3 is 2.48 bits per heavy atom. The molecule has 0 saturated carbocycles.